The maximum absolute atomic E-state index is 13.7. The van der Waals surface area contributed by atoms with E-state index in [2.05, 4.69) is 25.6 Å². The fourth-order valence-corrected chi connectivity index (χ4v) is 4.61. The molecule has 3 heterocycles. The molecule has 0 aliphatic carbocycles. The van der Waals surface area contributed by atoms with E-state index in [0.717, 1.165) is 17.0 Å². The van der Waals surface area contributed by atoms with Gasteiger partial charge < -0.3 is 20.5 Å². The van der Waals surface area contributed by atoms with Crippen molar-refractivity contribution in [3.8, 4) is 0 Å². The minimum Gasteiger partial charge on any atom is -0.348 e. The van der Waals surface area contributed by atoms with Gasteiger partial charge in [0.05, 0.1) is 23.1 Å². The maximum atomic E-state index is 13.7. The predicted molar refractivity (Wildman–Crippen MR) is 145 cm³/mol. The van der Waals surface area contributed by atoms with E-state index in [1.165, 1.54) is 6.92 Å². The zero-order valence-corrected chi connectivity index (χ0v) is 21.3. The molecular weight excluding hydrogens is 504 g/mol. The highest BCUT2D eigenvalue weighted by molar-refractivity contribution is 6.30. The molecule has 2 aromatic heterocycles. The van der Waals surface area contributed by atoms with Gasteiger partial charge in [-0.15, -0.1) is 0 Å². The van der Waals surface area contributed by atoms with Crippen molar-refractivity contribution < 1.29 is 14.4 Å². The summed E-state index contributed by atoms with van der Waals surface area (Å²) in [6.45, 7) is 1.95. The summed E-state index contributed by atoms with van der Waals surface area (Å²) in [6, 6.07) is 14.9. The maximum Gasteiger partial charge on any atom is 0.323 e. The Morgan fingerprint density at radius 1 is 1.05 bits per heavy atom. The van der Waals surface area contributed by atoms with Crippen molar-refractivity contribution in [3.63, 3.8) is 0 Å². The zero-order valence-electron chi connectivity index (χ0n) is 20.6. The smallest absolute Gasteiger partial charge is 0.323 e. The van der Waals surface area contributed by atoms with Gasteiger partial charge in [-0.05, 0) is 67.4 Å². The van der Waals surface area contributed by atoms with Crippen molar-refractivity contribution in [2.45, 2.75) is 25.8 Å². The number of Topliss-reactive ketones (excluding diaryl/α,β-unsaturated/α-hetero) is 1. The Hall–Kier alpha value is -4.50. The van der Waals surface area contributed by atoms with Gasteiger partial charge in [0.2, 0.25) is 0 Å². The number of fused-ring (bicyclic) bond motifs is 1. The number of hydrogen-bond acceptors (Lipinski definition) is 5. The predicted octanol–water partition coefficient (Wildman–Crippen LogP) is 5.29. The standard InChI is InChI=1S/C28H25ClN6O3/c1-17(36)18-2-6-21(7-3-18)33-28(38)34-22-8-4-19-12-26(25-9-5-20(29)14-31-25)35(27(37)24(19)13-22)11-10-23-15-30-16-32-23/h2-9,13-16,26H,10-12H2,1H3,(H,30,32)(H2,33,34,38). The number of rotatable bonds is 7. The summed E-state index contributed by atoms with van der Waals surface area (Å²) in [5, 5.41) is 6.06. The van der Waals surface area contributed by atoms with Crippen LogP contribution in [0.1, 0.15) is 50.6 Å². The third-order valence-corrected chi connectivity index (χ3v) is 6.69. The van der Waals surface area contributed by atoms with Crippen LogP contribution >= 0.6 is 11.6 Å². The highest BCUT2D eigenvalue weighted by Crippen LogP contribution is 2.34. The summed E-state index contributed by atoms with van der Waals surface area (Å²) in [4.78, 5) is 51.2. The van der Waals surface area contributed by atoms with Gasteiger partial charge in [-0.1, -0.05) is 17.7 Å². The van der Waals surface area contributed by atoms with Gasteiger partial charge in [-0.25, -0.2) is 9.78 Å². The quantitative estimate of drug-likeness (QED) is 0.282. The lowest BCUT2D eigenvalue weighted by Gasteiger charge is -2.36. The second-order valence-electron chi connectivity index (χ2n) is 9.03. The van der Waals surface area contributed by atoms with Gasteiger partial charge in [0, 0.05) is 53.6 Å². The van der Waals surface area contributed by atoms with Crippen LogP contribution in [-0.4, -0.2) is 44.1 Å². The lowest BCUT2D eigenvalue weighted by atomic mass is 9.90. The van der Waals surface area contributed by atoms with Crippen molar-refractivity contribution in [2.75, 3.05) is 17.2 Å². The second kappa shape index (κ2) is 10.9. The molecule has 38 heavy (non-hydrogen) atoms. The van der Waals surface area contributed by atoms with Gasteiger partial charge in [0.25, 0.3) is 5.91 Å². The number of H-pyrrole nitrogens is 1. The minimum atomic E-state index is -0.455. The summed E-state index contributed by atoms with van der Waals surface area (Å²) < 4.78 is 0. The average Bonchev–Trinajstić information content (AvgIpc) is 3.43. The van der Waals surface area contributed by atoms with Crippen LogP contribution in [0.4, 0.5) is 16.2 Å². The Balaban J connectivity index is 1.35. The number of anilines is 2. The Bertz CT molecular complexity index is 1470. The number of urea groups is 1. The molecule has 1 aliphatic heterocycles. The van der Waals surface area contributed by atoms with Crippen molar-refractivity contribution in [2.24, 2.45) is 0 Å². The molecule has 10 heteroatoms. The number of amides is 3. The molecule has 0 spiro atoms. The number of aromatic amines is 1. The molecule has 5 rings (SSSR count). The van der Waals surface area contributed by atoms with Crippen molar-refractivity contribution in [1.29, 1.82) is 0 Å². The van der Waals surface area contributed by atoms with Gasteiger partial charge in [-0.3, -0.25) is 14.6 Å². The summed E-state index contributed by atoms with van der Waals surface area (Å²) in [5.41, 5.74) is 4.69. The first kappa shape index (κ1) is 25.2. The highest BCUT2D eigenvalue weighted by Gasteiger charge is 2.34. The van der Waals surface area contributed by atoms with Crippen molar-refractivity contribution in [1.82, 2.24) is 19.9 Å². The van der Waals surface area contributed by atoms with Crippen LogP contribution in [0.15, 0.2) is 73.3 Å². The average molecular weight is 529 g/mol. The molecular formula is C28H25ClN6O3. The lowest BCUT2D eigenvalue weighted by Crippen LogP contribution is -2.42. The Kier molecular flexibility index (Phi) is 7.19. The van der Waals surface area contributed by atoms with Crippen LogP contribution in [0.5, 0.6) is 0 Å². The summed E-state index contributed by atoms with van der Waals surface area (Å²) >= 11 is 6.05. The van der Waals surface area contributed by atoms with E-state index < -0.39 is 6.03 Å². The third-order valence-electron chi connectivity index (χ3n) is 6.47. The number of carbonyl (C=O) groups is 3. The van der Waals surface area contributed by atoms with E-state index in [1.54, 1.807) is 66.1 Å². The molecule has 4 aromatic rings. The van der Waals surface area contributed by atoms with Crippen LogP contribution in [0.3, 0.4) is 0 Å². The van der Waals surface area contributed by atoms with Crippen LogP contribution in [-0.2, 0) is 12.8 Å². The van der Waals surface area contributed by atoms with Crippen LogP contribution < -0.4 is 10.6 Å². The molecule has 0 saturated carbocycles. The molecule has 0 saturated heterocycles. The molecule has 3 N–H and O–H groups in total. The zero-order chi connectivity index (χ0) is 26.6. The molecule has 192 valence electrons. The first-order chi connectivity index (χ1) is 18.4. The number of carbonyl (C=O) groups excluding carboxylic acids is 3. The van der Waals surface area contributed by atoms with Crippen molar-refractivity contribution in [3.05, 3.63) is 106 Å². The van der Waals surface area contributed by atoms with Crippen LogP contribution in [0.2, 0.25) is 5.02 Å². The van der Waals surface area contributed by atoms with E-state index >= 15 is 0 Å². The third kappa shape index (κ3) is 5.57. The summed E-state index contributed by atoms with van der Waals surface area (Å²) in [7, 11) is 0. The molecule has 1 aliphatic rings. The second-order valence-corrected chi connectivity index (χ2v) is 9.47. The molecule has 3 amide bonds. The number of nitrogens with one attached hydrogen (secondary N) is 3. The summed E-state index contributed by atoms with van der Waals surface area (Å²) in [6.07, 6.45) is 6.12. The van der Waals surface area contributed by atoms with Crippen LogP contribution in [0.25, 0.3) is 0 Å². The summed E-state index contributed by atoms with van der Waals surface area (Å²) in [5.74, 6) is -0.191. The van der Waals surface area contributed by atoms with E-state index in [0.29, 0.717) is 46.9 Å². The first-order valence-electron chi connectivity index (χ1n) is 12.1. The number of benzene rings is 2. The van der Waals surface area contributed by atoms with Gasteiger partial charge >= 0.3 is 6.03 Å². The minimum absolute atomic E-state index is 0.0487. The number of ketones is 1. The first-order valence-corrected chi connectivity index (χ1v) is 12.5. The Morgan fingerprint density at radius 2 is 1.82 bits per heavy atom. The largest absolute Gasteiger partial charge is 0.348 e. The molecule has 0 bridgehead atoms. The highest BCUT2D eigenvalue weighted by atomic mass is 35.5. The number of halogens is 1. The molecule has 0 radical (unpaired) electrons. The monoisotopic (exact) mass is 528 g/mol. The van der Waals surface area contributed by atoms with Gasteiger partial charge in [0.15, 0.2) is 5.78 Å². The lowest BCUT2D eigenvalue weighted by molar-refractivity contribution is 0.0645. The number of aromatic nitrogens is 3. The number of nitrogens with zero attached hydrogens (tertiary/aromatic N) is 3. The molecule has 0 fully saturated rings. The Morgan fingerprint density at radius 3 is 2.50 bits per heavy atom. The van der Waals surface area contributed by atoms with Gasteiger partial charge in [-0.2, -0.15) is 0 Å². The molecule has 2 aromatic carbocycles. The van der Waals surface area contributed by atoms with Crippen LogP contribution in [0, 0.1) is 0 Å². The molecule has 9 nitrogen and oxygen atoms in total. The van der Waals surface area contributed by atoms with E-state index in [1.807, 2.05) is 12.1 Å². The molecule has 1 atom stereocenters. The number of imidazole rings is 1. The van der Waals surface area contributed by atoms with Crippen molar-refractivity contribution >= 4 is 40.7 Å². The molecule has 1 unspecified atom stereocenters. The topological polar surface area (TPSA) is 120 Å². The number of pyridine rings is 1. The van der Waals surface area contributed by atoms with E-state index in [9.17, 15) is 14.4 Å². The van der Waals surface area contributed by atoms with E-state index in [-0.39, 0.29) is 17.7 Å². The Labute approximate surface area is 224 Å². The van der Waals surface area contributed by atoms with E-state index in [4.69, 9.17) is 11.6 Å². The van der Waals surface area contributed by atoms with Gasteiger partial charge in [0.1, 0.15) is 0 Å². The number of hydrogen-bond donors (Lipinski definition) is 3. The fourth-order valence-electron chi connectivity index (χ4n) is 4.50. The SMILES string of the molecule is CC(=O)c1ccc(NC(=O)Nc2ccc3c(c2)C(=O)N(CCc2cnc[nH]2)C(c2ccc(Cl)cn2)C3)cc1. The normalized spacial score (nSPS) is 14.6. The fraction of sp³-hybridized carbons (Fsp3) is 0.179.